The predicted molar refractivity (Wildman–Crippen MR) is 108 cm³/mol. The molecule has 0 radical (unpaired) electrons. The topological polar surface area (TPSA) is 95.5 Å². The summed E-state index contributed by atoms with van der Waals surface area (Å²) < 4.78 is 2.43. The summed E-state index contributed by atoms with van der Waals surface area (Å²) in [7, 11) is 1.74. The number of carbonyl (C=O) groups is 3. The summed E-state index contributed by atoms with van der Waals surface area (Å²) in [6.07, 6.45) is 3.13. The van der Waals surface area contributed by atoms with Crippen molar-refractivity contribution in [1.82, 2.24) is 20.3 Å². The minimum atomic E-state index is -0.406. The third-order valence-corrected chi connectivity index (χ3v) is 5.04. The van der Waals surface area contributed by atoms with Crippen molar-refractivity contribution in [2.45, 2.75) is 12.8 Å². The first-order chi connectivity index (χ1) is 13.4. The molecule has 2 heterocycles. The third kappa shape index (κ3) is 4.92. The van der Waals surface area contributed by atoms with Crippen LogP contribution in [0.2, 0.25) is 0 Å². The number of anilines is 1. The van der Waals surface area contributed by atoms with Crippen molar-refractivity contribution < 1.29 is 14.4 Å². The number of halogens is 1. The van der Waals surface area contributed by atoms with Gasteiger partial charge in [-0.05, 0) is 47.0 Å². The fraction of sp³-hybridized carbons (Fsp3) is 0.316. The highest BCUT2D eigenvalue weighted by molar-refractivity contribution is 9.10. The van der Waals surface area contributed by atoms with Gasteiger partial charge in [-0.15, -0.1) is 0 Å². The Balaban J connectivity index is 1.52. The van der Waals surface area contributed by atoms with Crippen LogP contribution in [0.25, 0.3) is 0 Å². The van der Waals surface area contributed by atoms with Gasteiger partial charge < -0.3 is 14.8 Å². The van der Waals surface area contributed by atoms with Crippen LogP contribution in [0.15, 0.2) is 47.1 Å². The number of hydrogen-bond donors (Lipinski definition) is 3. The quantitative estimate of drug-likeness (QED) is 0.630. The summed E-state index contributed by atoms with van der Waals surface area (Å²) in [6.45, 7) is 0.891. The molecule has 1 saturated heterocycles. The maximum Gasteiger partial charge on any atom is 0.321 e. The number of urea groups is 1. The van der Waals surface area contributed by atoms with E-state index >= 15 is 0 Å². The largest absolute Gasteiger partial charge is 0.345 e. The number of hydrogen-bond acceptors (Lipinski definition) is 3. The molecule has 1 aromatic heterocycles. The summed E-state index contributed by atoms with van der Waals surface area (Å²) in [4.78, 5) is 38.7. The standard InChI is InChI=1S/C19H22BrN5O3/c1-24-12-14(20)10-16(24)18(27)23-22-17(26)13-6-5-9-25(11-13)19(28)21-15-7-3-2-4-8-15/h2-4,7-8,10,12-13H,5-6,9,11H2,1H3,(H,21,28)(H,22,26)(H,23,27). The lowest BCUT2D eigenvalue weighted by Gasteiger charge is -2.32. The van der Waals surface area contributed by atoms with Crippen molar-refractivity contribution >= 4 is 39.5 Å². The fourth-order valence-electron chi connectivity index (χ4n) is 3.13. The number of nitrogens with zero attached hydrogens (tertiary/aromatic N) is 2. The number of rotatable bonds is 3. The van der Waals surface area contributed by atoms with Crippen LogP contribution in [-0.2, 0) is 11.8 Å². The van der Waals surface area contributed by atoms with E-state index in [0.29, 0.717) is 30.9 Å². The minimum Gasteiger partial charge on any atom is -0.345 e. The monoisotopic (exact) mass is 447 g/mol. The molecule has 0 spiro atoms. The molecular weight excluding hydrogens is 426 g/mol. The van der Waals surface area contributed by atoms with Crippen LogP contribution >= 0.6 is 15.9 Å². The van der Waals surface area contributed by atoms with Gasteiger partial charge in [0.2, 0.25) is 5.91 Å². The first-order valence-electron chi connectivity index (χ1n) is 8.97. The molecule has 28 heavy (non-hydrogen) atoms. The number of nitrogens with one attached hydrogen (secondary N) is 3. The Hall–Kier alpha value is -2.81. The fourth-order valence-corrected chi connectivity index (χ4v) is 3.66. The van der Waals surface area contributed by atoms with Crippen molar-refractivity contribution in [3.8, 4) is 0 Å². The molecule has 0 saturated carbocycles. The molecule has 148 valence electrons. The average molecular weight is 448 g/mol. The molecule has 3 rings (SSSR count). The Morgan fingerprint density at radius 3 is 2.57 bits per heavy atom. The highest BCUT2D eigenvalue weighted by atomic mass is 79.9. The van der Waals surface area contributed by atoms with E-state index in [1.165, 1.54) is 0 Å². The van der Waals surface area contributed by atoms with Gasteiger partial charge in [-0.3, -0.25) is 20.4 Å². The molecule has 3 N–H and O–H groups in total. The lowest BCUT2D eigenvalue weighted by Crippen LogP contribution is -2.50. The molecule has 1 aliphatic rings. The number of aromatic nitrogens is 1. The summed E-state index contributed by atoms with van der Waals surface area (Å²) in [6, 6.07) is 10.6. The maximum atomic E-state index is 12.5. The van der Waals surface area contributed by atoms with Crippen LogP contribution in [0.4, 0.5) is 10.5 Å². The van der Waals surface area contributed by atoms with Crippen LogP contribution in [0.5, 0.6) is 0 Å². The van der Waals surface area contributed by atoms with Crippen LogP contribution in [0.1, 0.15) is 23.3 Å². The molecule has 1 aromatic carbocycles. The van der Waals surface area contributed by atoms with Gasteiger partial charge in [0.25, 0.3) is 5.91 Å². The molecule has 9 heteroatoms. The van der Waals surface area contributed by atoms with Gasteiger partial charge in [-0.25, -0.2) is 4.79 Å². The highest BCUT2D eigenvalue weighted by Gasteiger charge is 2.29. The summed E-state index contributed by atoms with van der Waals surface area (Å²) in [5.41, 5.74) is 6.03. The minimum absolute atomic E-state index is 0.235. The number of para-hydroxylation sites is 1. The Kier molecular flexibility index (Phi) is 6.35. The van der Waals surface area contributed by atoms with Crippen LogP contribution in [0, 0.1) is 5.92 Å². The second-order valence-electron chi connectivity index (χ2n) is 6.68. The molecular formula is C19H22BrN5O3. The first kappa shape index (κ1) is 19.9. The number of hydrazine groups is 1. The first-order valence-corrected chi connectivity index (χ1v) is 9.76. The van der Waals surface area contributed by atoms with Gasteiger partial charge in [0.1, 0.15) is 5.69 Å². The number of piperidine rings is 1. The van der Waals surface area contributed by atoms with Crippen LogP contribution < -0.4 is 16.2 Å². The van der Waals surface area contributed by atoms with Gasteiger partial charge in [-0.1, -0.05) is 18.2 Å². The van der Waals surface area contributed by atoms with Crippen molar-refractivity contribution in [2.24, 2.45) is 13.0 Å². The SMILES string of the molecule is Cn1cc(Br)cc1C(=O)NNC(=O)C1CCCN(C(=O)Nc2ccccc2)C1. The predicted octanol–water partition coefficient (Wildman–Crippen LogP) is 2.49. The summed E-state index contributed by atoms with van der Waals surface area (Å²) in [5.74, 6) is -1.09. The van der Waals surface area contributed by atoms with E-state index in [4.69, 9.17) is 0 Å². The number of benzene rings is 1. The zero-order chi connectivity index (χ0) is 20.1. The lowest BCUT2D eigenvalue weighted by atomic mass is 9.98. The molecule has 2 aromatic rings. The zero-order valence-corrected chi connectivity index (χ0v) is 17.0. The maximum absolute atomic E-state index is 12.5. The summed E-state index contributed by atoms with van der Waals surface area (Å²) >= 11 is 3.31. The molecule has 1 fully saturated rings. The van der Waals surface area contributed by atoms with E-state index in [1.54, 1.807) is 28.8 Å². The molecule has 1 aliphatic heterocycles. The smallest absolute Gasteiger partial charge is 0.321 e. The van der Waals surface area contributed by atoms with Crippen molar-refractivity contribution in [3.63, 3.8) is 0 Å². The van der Waals surface area contributed by atoms with E-state index < -0.39 is 5.91 Å². The lowest BCUT2D eigenvalue weighted by molar-refractivity contribution is -0.127. The van der Waals surface area contributed by atoms with Crippen LogP contribution in [-0.4, -0.2) is 40.4 Å². The number of likely N-dealkylation sites (tertiary alicyclic amines) is 1. The van der Waals surface area contributed by atoms with E-state index in [1.807, 2.05) is 30.3 Å². The molecule has 8 nitrogen and oxygen atoms in total. The van der Waals surface area contributed by atoms with Gasteiger partial charge in [0.15, 0.2) is 0 Å². The number of amides is 4. The van der Waals surface area contributed by atoms with Crippen LogP contribution in [0.3, 0.4) is 0 Å². The van der Waals surface area contributed by atoms with Gasteiger partial charge >= 0.3 is 6.03 Å². The van der Waals surface area contributed by atoms with Gasteiger partial charge in [0, 0.05) is 36.5 Å². The van der Waals surface area contributed by atoms with E-state index in [-0.39, 0.29) is 17.9 Å². The highest BCUT2D eigenvalue weighted by Crippen LogP contribution is 2.18. The molecule has 4 amide bonds. The molecule has 1 unspecified atom stereocenters. The van der Waals surface area contributed by atoms with Gasteiger partial charge in [0.05, 0.1) is 5.92 Å². The number of carbonyl (C=O) groups excluding carboxylic acids is 3. The van der Waals surface area contributed by atoms with E-state index in [2.05, 4.69) is 32.1 Å². The number of aryl methyl sites for hydroxylation is 1. The normalized spacial score (nSPS) is 16.4. The second-order valence-corrected chi connectivity index (χ2v) is 7.59. The molecule has 0 bridgehead atoms. The third-order valence-electron chi connectivity index (χ3n) is 4.61. The van der Waals surface area contributed by atoms with Crippen molar-refractivity contribution in [3.05, 3.63) is 52.8 Å². The second kappa shape index (κ2) is 8.92. The zero-order valence-electron chi connectivity index (χ0n) is 15.4. The molecule has 0 aliphatic carbocycles. The van der Waals surface area contributed by atoms with E-state index in [9.17, 15) is 14.4 Å². The molecule has 1 atom stereocenters. The Morgan fingerprint density at radius 2 is 1.89 bits per heavy atom. The van der Waals surface area contributed by atoms with E-state index in [0.717, 1.165) is 10.9 Å². The van der Waals surface area contributed by atoms with Crippen molar-refractivity contribution in [2.75, 3.05) is 18.4 Å². The summed E-state index contributed by atoms with van der Waals surface area (Å²) in [5, 5.41) is 2.83. The Labute approximate surface area is 171 Å². The average Bonchev–Trinajstić information content (AvgIpc) is 3.05. The Bertz CT molecular complexity index is 868. The Morgan fingerprint density at radius 1 is 1.14 bits per heavy atom. The van der Waals surface area contributed by atoms with Gasteiger partial charge in [-0.2, -0.15) is 0 Å². The van der Waals surface area contributed by atoms with Crippen molar-refractivity contribution in [1.29, 1.82) is 0 Å².